The minimum atomic E-state index is -3.71. The minimum absolute atomic E-state index is 0.169. The van der Waals surface area contributed by atoms with Crippen LogP contribution in [0, 0.1) is 11.3 Å². The van der Waals surface area contributed by atoms with E-state index in [9.17, 15) is 8.42 Å². The molecule has 0 unspecified atom stereocenters. The summed E-state index contributed by atoms with van der Waals surface area (Å²) in [6, 6.07) is 9.52. The standard InChI is InChI=1S/C13H13N3O2S/c1-10(9-14)16(2)19(17,18)13-7-3-6-12-11(13)5-4-8-15-12/h3-8,10H,1-2H3/t10-/m1/s1. The Hall–Kier alpha value is -1.97. The second-order valence-electron chi connectivity index (χ2n) is 4.15. The van der Waals surface area contributed by atoms with Gasteiger partial charge in [-0.25, -0.2) is 8.42 Å². The van der Waals surface area contributed by atoms with Crippen LogP contribution in [-0.2, 0) is 10.0 Å². The van der Waals surface area contributed by atoms with Crippen molar-refractivity contribution in [2.24, 2.45) is 0 Å². The Morgan fingerprint density at radius 2 is 2.05 bits per heavy atom. The van der Waals surface area contributed by atoms with Crippen molar-refractivity contribution in [3.63, 3.8) is 0 Å². The highest BCUT2D eigenvalue weighted by Gasteiger charge is 2.26. The van der Waals surface area contributed by atoms with Crippen molar-refractivity contribution in [1.29, 1.82) is 5.26 Å². The Labute approximate surface area is 112 Å². The molecule has 2 aromatic rings. The zero-order chi connectivity index (χ0) is 14.0. The van der Waals surface area contributed by atoms with Crippen LogP contribution in [-0.4, -0.2) is 30.8 Å². The molecular formula is C13H13N3O2S. The number of nitriles is 1. The zero-order valence-electron chi connectivity index (χ0n) is 10.6. The van der Waals surface area contributed by atoms with Crippen molar-refractivity contribution >= 4 is 20.9 Å². The molecule has 0 amide bonds. The predicted octanol–water partition coefficient (Wildman–Crippen LogP) is 1.77. The lowest BCUT2D eigenvalue weighted by molar-refractivity contribution is 0.442. The van der Waals surface area contributed by atoms with Crippen LogP contribution in [0.5, 0.6) is 0 Å². The lowest BCUT2D eigenvalue weighted by atomic mass is 10.2. The monoisotopic (exact) mass is 275 g/mol. The molecule has 1 aromatic carbocycles. The SMILES string of the molecule is C[C@H](C#N)N(C)S(=O)(=O)c1cccc2ncccc12. The molecule has 0 aliphatic carbocycles. The molecule has 2 rings (SSSR count). The normalized spacial score (nSPS) is 13.4. The Bertz CT molecular complexity index is 745. The van der Waals surface area contributed by atoms with Gasteiger partial charge in [0.25, 0.3) is 0 Å². The van der Waals surface area contributed by atoms with E-state index < -0.39 is 16.1 Å². The highest BCUT2D eigenvalue weighted by molar-refractivity contribution is 7.89. The average molecular weight is 275 g/mol. The lowest BCUT2D eigenvalue weighted by Gasteiger charge is -2.19. The van der Waals surface area contributed by atoms with Crippen molar-refractivity contribution < 1.29 is 8.42 Å². The van der Waals surface area contributed by atoms with Gasteiger partial charge in [0, 0.05) is 18.6 Å². The zero-order valence-corrected chi connectivity index (χ0v) is 11.4. The van der Waals surface area contributed by atoms with Crippen molar-refractivity contribution in [2.75, 3.05) is 7.05 Å². The van der Waals surface area contributed by atoms with E-state index in [1.807, 2.05) is 6.07 Å². The summed E-state index contributed by atoms with van der Waals surface area (Å²) >= 11 is 0. The number of rotatable bonds is 3. The van der Waals surface area contributed by atoms with Crippen LogP contribution < -0.4 is 0 Å². The van der Waals surface area contributed by atoms with Crippen molar-refractivity contribution in [1.82, 2.24) is 9.29 Å². The summed E-state index contributed by atoms with van der Waals surface area (Å²) in [6.45, 7) is 1.54. The molecular weight excluding hydrogens is 262 g/mol. The largest absolute Gasteiger partial charge is 0.256 e. The number of nitrogens with zero attached hydrogens (tertiary/aromatic N) is 3. The molecule has 0 saturated carbocycles. The number of sulfonamides is 1. The fourth-order valence-corrected chi connectivity index (χ4v) is 3.22. The maximum Gasteiger partial charge on any atom is 0.244 e. The van der Waals surface area contributed by atoms with Crippen LogP contribution in [0.3, 0.4) is 0 Å². The molecule has 98 valence electrons. The summed E-state index contributed by atoms with van der Waals surface area (Å²) < 4.78 is 26.1. The Morgan fingerprint density at radius 1 is 1.32 bits per heavy atom. The first-order valence-corrected chi connectivity index (χ1v) is 7.14. The van der Waals surface area contributed by atoms with E-state index >= 15 is 0 Å². The number of benzene rings is 1. The van der Waals surface area contributed by atoms with Gasteiger partial charge in [-0.2, -0.15) is 9.57 Å². The molecule has 0 fully saturated rings. The van der Waals surface area contributed by atoms with Crippen LogP contribution in [0.2, 0.25) is 0 Å². The fourth-order valence-electron chi connectivity index (χ4n) is 1.74. The first kappa shape index (κ1) is 13.5. The first-order chi connectivity index (χ1) is 8.98. The van der Waals surface area contributed by atoms with Crippen molar-refractivity contribution in [3.05, 3.63) is 36.5 Å². The Kier molecular flexibility index (Phi) is 3.51. The molecule has 5 nitrogen and oxygen atoms in total. The van der Waals surface area contributed by atoms with Gasteiger partial charge in [-0.1, -0.05) is 6.07 Å². The number of aromatic nitrogens is 1. The molecule has 0 spiro atoms. The first-order valence-electron chi connectivity index (χ1n) is 5.70. The third kappa shape index (κ3) is 2.30. The van der Waals surface area contributed by atoms with Gasteiger partial charge in [0.2, 0.25) is 10.0 Å². The number of hydrogen-bond acceptors (Lipinski definition) is 4. The molecule has 19 heavy (non-hydrogen) atoms. The smallest absolute Gasteiger partial charge is 0.244 e. The van der Waals surface area contributed by atoms with E-state index in [2.05, 4.69) is 4.98 Å². The van der Waals surface area contributed by atoms with Crippen LogP contribution in [0.15, 0.2) is 41.4 Å². The summed E-state index contributed by atoms with van der Waals surface area (Å²) in [5.74, 6) is 0. The van der Waals surface area contributed by atoms with Gasteiger partial charge in [-0.3, -0.25) is 4.98 Å². The van der Waals surface area contributed by atoms with Crippen LogP contribution >= 0.6 is 0 Å². The summed E-state index contributed by atoms with van der Waals surface area (Å²) in [4.78, 5) is 4.30. The summed E-state index contributed by atoms with van der Waals surface area (Å²) in [5.41, 5.74) is 0.613. The molecule has 0 saturated heterocycles. The fraction of sp³-hybridized carbons (Fsp3) is 0.231. The van der Waals surface area contributed by atoms with Gasteiger partial charge >= 0.3 is 0 Å². The number of fused-ring (bicyclic) bond motifs is 1. The maximum atomic E-state index is 12.5. The lowest BCUT2D eigenvalue weighted by Crippen LogP contribution is -2.34. The highest BCUT2D eigenvalue weighted by Crippen LogP contribution is 2.24. The topological polar surface area (TPSA) is 74.1 Å². The molecule has 6 heteroatoms. The molecule has 1 atom stereocenters. The second kappa shape index (κ2) is 4.96. The molecule has 1 aromatic heterocycles. The van der Waals surface area contributed by atoms with Crippen LogP contribution in [0.4, 0.5) is 0 Å². The second-order valence-corrected chi connectivity index (χ2v) is 6.12. The molecule has 0 aliphatic rings. The molecule has 0 aliphatic heterocycles. The number of pyridine rings is 1. The van der Waals surface area contributed by atoms with Gasteiger partial charge in [0.05, 0.1) is 16.5 Å². The molecule has 0 radical (unpaired) electrons. The Balaban J connectivity index is 2.65. The van der Waals surface area contributed by atoms with E-state index in [-0.39, 0.29) is 4.90 Å². The minimum Gasteiger partial charge on any atom is -0.256 e. The van der Waals surface area contributed by atoms with Crippen molar-refractivity contribution in [2.45, 2.75) is 17.9 Å². The van der Waals surface area contributed by atoms with Gasteiger partial charge in [-0.05, 0) is 31.2 Å². The maximum absolute atomic E-state index is 12.5. The van der Waals surface area contributed by atoms with E-state index in [1.165, 1.54) is 13.1 Å². The molecule has 0 bridgehead atoms. The van der Waals surface area contributed by atoms with E-state index in [0.29, 0.717) is 10.9 Å². The summed E-state index contributed by atoms with van der Waals surface area (Å²) in [7, 11) is -2.30. The summed E-state index contributed by atoms with van der Waals surface area (Å²) in [5, 5.41) is 9.42. The predicted molar refractivity (Wildman–Crippen MR) is 71.8 cm³/mol. The van der Waals surface area contributed by atoms with E-state index in [4.69, 9.17) is 5.26 Å². The highest BCUT2D eigenvalue weighted by atomic mass is 32.2. The van der Waals surface area contributed by atoms with Crippen LogP contribution in [0.25, 0.3) is 10.9 Å². The Morgan fingerprint density at radius 3 is 2.74 bits per heavy atom. The quantitative estimate of drug-likeness (QED) is 0.855. The van der Waals surface area contributed by atoms with Gasteiger partial charge in [0.15, 0.2) is 0 Å². The van der Waals surface area contributed by atoms with Crippen LogP contribution in [0.1, 0.15) is 6.92 Å². The van der Waals surface area contributed by atoms with E-state index in [0.717, 1.165) is 4.31 Å². The molecule has 0 N–H and O–H groups in total. The van der Waals surface area contributed by atoms with Gasteiger partial charge in [-0.15, -0.1) is 0 Å². The number of hydrogen-bond donors (Lipinski definition) is 0. The molecule has 1 heterocycles. The van der Waals surface area contributed by atoms with E-state index in [1.54, 1.807) is 37.4 Å². The average Bonchev–Trinajstić information content (AvgIpc) is 2.44. The summed E-state index contributed by atoms with van der Waals surface area (Å²) in [6.07, 6.45) is 1.61. The third-order valence-electron chi connectivity index (χ3n) is 2.99. The van der Waals surface area contributed by atoms with Gasteiger partial charge < -0.3 is 0 Å². The van der Waals surface area contributed by atoms with Crippen molar-refractivity contribution in [3.8, 4) is 6.07 Å². The van der Waals surface area contributed by atoms with Gasteiger partial charge in [0.1, 0.15) is 6.04 Å². The third-order valence-corrected chi connectivity index (χ3v) is 4.98.